The van der Waals surface area contributed by atoms with Gasteiger partial charge in [-0.05, 0) is 30.4 Å². The average Bonchev–Trinajstić information content (AvgIpc) is 2.67. The summed E-state index contributed by atoms with van der Waals surface area (Å²) in [6.45, 7) is 0.963. The Balaban J connectivity index is 1.78. The molecule has 2 aromatic carbocycles. The molecule has 2 N–H and O–H groups in total. The van der Waals surface area contributed by atoms with E-state index in [9.17, 15) is 18.0 Å². The van der Waals surface area contributed by atoms with Crippen LogP contribution in [-0.2, 0) is 4.74 Å². The van der Waals surface area contributed by atoms with E-state index in [2.05, 4.69) is 10.6 Å². The monoisotopic (exact) mass is 429 g/mol. The van der Waals surface area contributed by atoms with E-state index in [1.54, 1.807) is 24.3 Å². The molecule has 1 heterocycles. The molecular formula is C18H15ClF3N3O2S. The molecule has 0 unspecified atom stereocenters. The first kappa shape index (κ1) is 20.4. The molecule has 1 saturated heterocycles. The zero-order valence-corrected chi connectivity index (χ0v) is 16.0. The molecule has 28 heavy (non-hydrogen) atoms. The fraction of sp³-hybridized carbons (Fsp3) is 0.222. The van der Waals surface area contributed by atoms with Crippen molar-refractivity contribution in [2.45, 2.75) is 0 Å². The summed E-state index contributed by atoms with van der Waals surface area (Å²) in [5, 5.41) is 4.99. The van der Waals surface area contributed by atoms with E-state index >= 15 is 0 Å². The van der Waals surface area contributed by atoms with Gasteiger partial charge in [-0.3, -0.25) is 10.1 Å². The zero-order valence-electron chi connectivity index (χ0n) is 14.4. The lowest BCUT2D eigenvalue weighted by Gasteiger charge is -2.29. The highest BCUT2D eigenvalue weighted by atomic mass is 35.5. The van der Waals surface area contributed by atoms with Gasteiger partial charge in [0.05, 0.1) is 29.5 Å². The molecule has 0 aromatic heterocycles. The van der Waals surface area contributed by atoms with Crippen LogP contribution in [-0.4, -0.2) is 37.3 Å². The van der Waals surface area contributed by atoms with Crippen molar-refractivity contribution in [3.8, 4) is 0 Å². The second kappa shape index (κ2) is 8.76. The largest absolute Gasteiger partial charge is 0.378 e. The zero-order chi connectivity index (χ0) is 20.3. The Morgan fingerprint density at radius 3 is 2.50 bits per heavy atom. The van der Waals surface area contributed by atoms with Crippen LogP contribution in [0.25, 0.3) is 0 Å². The lowest BCUT2D eigenvalue weighted by molar-refractivity contribution is 0.0972. The number of hydrogen-bond acceptors (Lipinski definition) is 4. The fourth-order valence-corrected chi connectivity index (χ4v) is 3.10. The number of anilines is 2. The summed E-state index contributed by atoms with van der Waals surface area (Å²) in [6, 6.07) is 7.25. The average molecular weight is 430 g/mol. The fourth-order valence-electron chi connectivity index (χ4n) is 2.71. The number of nitrogens with zero attached hydrogens (tertiary/aromatic N) is 1. The van der Waals surface area contributed by atoms with Gasteiger partial charge in [-0.15, -0.1) is 0 Å². The summed E-state index contributed by atoms with van der Waals surface area (Å²) < 4.78 is 48.5. The van der Waals surface area contributed by atoms with Crippen LogP contribution >= 0.6 is 23.8 Å². The van der Waals surface area contributed by atoms with Crippen LogP contribution in [0.3, 0.4) is 0 Å². The Morgan fingerprint density at radius 2 is 1.82 bits per heavy atom. The maximum atomic E-state index is 14.5. The number of carbonyl (C=O) groups is 1. The summed E-state index contributed by atoms with van der Waals surface area (Å²) in [7, 11) is 0. The molecule has 0 aliphatic carbocycles. The van der Waals surface area contributed by atoms with Gasteiger partial charge in [-0.2, -0.15) is 0 Å². The number of thiocarbonyl (C=S) groups is 1. The summed E-state index contributed by atoms with van der Waals surface area (Å²) in [6.07, 6.45) is 0. The third-order valence-corrected chi connectivity index (χ3v) is 4.59. The normalized spacial score (nSPS) is 13.9. The SMILES string of the molecule is O=C(NC(=S)Nc1ccccc1Cl)c1cc(F)c(N2CCOCC2)c(F)c1F. The highest BCUT2D eigenvalue weighted by molar-refractivity contribution is 7.80. The molecule has 1 amide bonds. The minimum Gasteiger partial charge on any atom is -0.378 e. The van der Waals surface area contributed by atoms with E-state index in [0.29, 0.717) is 16.8 Å². The molecule has 0 bridgehead atoms. The molecule has 148 valence electrons. The summed E-state index contributed by atoms with van der Waals surface area (Å²) in [5.74, 6) is -5.03. The Morgan fingerprint density at radius 1 is 1.14 bits per heavy atom. The van der Waals surface area contributed by atoms with Crippen LogP contribution < -0.4 is 15.5 Å². The van der Waals surface area contributed by atoms with Gasteiger partial charge < -0.3 is 15.0 Å². The maximum Gasteiger partial charge on any atom is 0.260 e. The highest BCUT2D eigenvalue weighted by Crippen LogP contribution is 2.29. The number of benzene rings is 2. The van der Waals surface area contributed by atoms with E-state index in [1.807, 2.05) is 0 Å². The minimum atomic E-state index is -1.46. The van der Waals surface area contributed by atoms with Crippen LogP contribution in [0.15, 0.2) is 30.3 Å². The topological polar surface area (TPSA) is 53.6 Å². The third kappa shape index (κ3) is 4.37. The summed E-state index contributed by atoms with van der Waals surface area (Å²) in [5.41, 5.74) is -0.903. The Bertz CT molecular complexity index is 923. The van der Waals surface area contributed by atoms with Crippen LogP contribution in [0.1, 0.15) is 10.4 Å². The number of carbonyl (C=O) groups excluding carboxylic acids is 1. The Hall–Kier alpha value is -2.36. The van der Waals surface area contributed by atoms with Crippen molar-refractivity contribution in [1.82, 2.24) is 5.32 Å². The first-order chi connectivity index (χ1) is 13.4. The highest BCUT2D eigenvalue weighted by Gasteiger charge is 2.27. The summed E-state index contributed by atoms with van der Waals surface area (Å²) in [4.78, 5) is 13.6. The Kier molecular flexibility index (Phi) is 6.38. The van der Waals surface area contributed by atoms with E-state index in [4.69, 9.17) is 28.6 Å². The number of ether oxygens (including phenoxy) is 1. The Labute approximate surface area is 169 Å². The van der Waals surface area contributed by atoms with Crippen LogP contribution in [0.5, 0.6) is 0 Å². The molecule has 1 fully saturated rings. The first-order valence-corrected chi connectivity index (χ1v) is 9.04. The third-order valence-electron chi connectivity index (χ3n) is 4.06. The van der Waals surface area contributed by atoms with Gasteiger partial charge in [0.25, 0.3) is 5.91 Å². The number of rotatable bonds is 3. The summed E-state index contributed by atoms with van der Waals surface area (Å²) >= 11 is 10.9. The number of amides is 1. The van der Waals surface area contributed by atoms with Gasteiger partial charge in [0, 0.05) is 13.1 Å². The van der Waals surface area contributed by atoms with E-state index in [1.165, 1.54) is 4.90 Å². The van der Waals surface area contributed by atoms with Gasteiger partial charge in [-0.25, -0.2) is 13.2 Å². The van der Waals surface area contributed by atoms with Gasteiger partial charge in [-0.1, -0.05) is 23.7 Å². The van der Waals surface area contributed by atoms with Crippen molar-refractivity contribution >= 4 is 46.2 Å². The van der Waals surface area contributed by atoms with Crippen molar-refractivity contribution in [2.75, 3.05) is 36.5 Å². The molecule has 3 rings (SSSR count). The van der Waals surface area contributed by atoms with E-state index < -0.39 is 34.6 Å². The number of morpholine rings is 1. The minimum absolute atomic E-state index is 0.199. The number of halogens is 4. The van der Waals surface area contributed by atoms with Crippen molar-refractivity contribution < 1.29 is 22.7 Å². The molecule has 1 aliphatic rings. The predicted octanol–water partition coefficient (Wildman–Crippen LogP) is 3.72. The van der Waals surface area contributed by atoms with Crippen LogP contribution in [0.2, 0.25) is 5.02 Å². The van der Waals surface area contributed by atoms with Crippen molar-refractivity contribution in [2.24, 2.45) is 0 Å². The van der Waals surface area contributed by atoms with Crippen molar-refractivity contribution in [1.29, 1.82) is 0 Å². The van der Waals surface area contributed by atoms with E-state index in [0.717, 1.165) is 0 Å². The van der Waals surface area contributed by atoms with Gasteiger partial charge in [0.2, 0.25) is 0 Å². The van der Waals surface area contributed by atoms with Crippen LogP contribution in [0, 0.1) is 17.5 Å². The van der Waals surface area contributed by atoms with Crippen molar-refractivity contribution in [3.05, 3.63) is 58.4 Å². The second-order valence-corrected chi connectivity index (χ2v) is 6.69. The molecule has 5 nitrogen and oxygen atoms in total. The second-order valence-electron chi connectivity index (χ2n) is 5.87. The molecule has 2 aromatic rings. The van der Waals surface area contributed by atoms with Gasteiger partial charge >= 0.3 is 0 Å². The number of nitrogens with one attached hydrogen (secondary N) is 2. The molecule has 0 radical (unpaired) electrons. The standard InChI is InChI=1S/C18H15ClF3N3O2S/c19-11-3-1-2-4-13(11)23-18(28)24-17(26)10-9-12(20)16(15(22)14(10)21)25-5-7-27-8-6-25/h1-4,9H,5-8H2,(H2,23,24,26,28). The molecule has 0 atom stereocenters. The van der Waals surface area contributed by atoms with Gasteiger partial charge in [0.15, 0.2) is 22.6 Å². The first-order valence-electron chi connectivity index (χ1n) is 8.25. The molecule has 0 saturated carbocycles. The van der Waals surface area contributed by atoms with Crippen LogP contribution in [0.4, 0.5) is 24.5 Å². The predicted molar refractivity (Wildman–Crippen MR) is 104 cm³/mol. The van der Waals surface area contributed by atoms with E-state index in [-0.39, 0.29) is 31.4 Å². The quantitative estimate of drug-likeness (QED) is 0.575. The maximum absolute atomic E-state index is 14.5. The van der Waals surface area contributed by atoms with Gasteiger partial charge in [0.1, 0.15) is 5.69 Å². The molecular weight excluding hydrogens is 415 g/mol. The molecule has 10 heteroatoms. The van der Waals surface area contributed by atoms with Crippen molar-refractivity contribution in [3.63, 3.8) is 0 Å². The molecule has 1 aliphatic heterocycles. The number of hydrogen-bond donors (Lipinski definition) is 2. The lowest BCUT2D eigenvalue weighted by Crippen LogP contribution is -2.38. The lowest BCUT2D eigenvalue weighted by atomic mass is 10.1. The molecule has 0 spiro atoms. The smallest absolute Gasteiger partial charge is 0.260 e. The number of para-hydroxylation sites is 1.